The minimum Gasteiger partial charge on any atom is -0.383 e. The van der Waals surface area contributed by atoms with Gasteiger partial charge in [-0.05, 0) is 25.7 Å². The minimum atomic E-state index is 0.277. The van der Waals surface area contributed by atoms with E-state index in [0.29, 0.717) is 12.6 Å². The first kappa shape index (κ1) is 12.1. The third-order valence-corrected chi connectivity index (χ3v) is 3.15. The average molecular weight is 236 g/mol. The number of hydrogen-bond donors (Lipinski definition) is 2. The smallest absolute Gasteiger partial charge is 0.222 e. The van der Waals surface area contributed by atoms with Crippen molar-refractivity contribution in [3.63, 3.8) is 0 Å². The summed E-state index contributed by atoms with van der Waals surface area (Å²) < 4.78 is 5.18. The summed E-state index contributed by atoms with van der Waals surface area (Å²) in [5.41, 5.74) is 8.06. The van der Waals surface area contributed by atoms with Crippen molar-refractivity contribution in [1.29, 1.82) is 0 Å². The van der Waals surface area contributed by atoms with E-state index < -0.39 is 0 Å². The molecule has 1 atom stereocenters. The molecule has 1 aliphatic rings. The highest BCUT2D eigenvalue weighted by molar-refractivity contribution is 5.52. The number of aromatic nitrogens is 2. The molecule has 0 spiro atoms. The SMILES string of the molecule is CC[C@H](COC)Nc1nc(N)nc2c1CCC2. The molecule has 94 valence electrons. The molecule has 1 heterocycles. The highest BCUT2D eigenvalue weighted by atomic mass is 16.5. The summed E-state index contributed by atoms with van der Waals surface area (Å²) in [6.45, 7) is 2.80. The van der Waals surface area contributed by atoms with Gasteiger partial charge in [-0.2, -0.15) is 4.98 Å². The highest BCUT2D eigenvalue weighted by Crippen LogP contribution is 2.27. The quantitative estimate of drug-likeness (QED) is 0.808. The summed E-state index contributed by atoms with van der Waals surface area (Å²) in [5, 5.41) is 3.41. The maximum absolute atomic E-state index is 5.73. The molecule has 0 saturated carbocycles. The normalized spacial score (nSPS) is 15.6. The zero-order chi connectivity index (χ0) is 12.3. The molecule has 0 amide bonds. The molecule has 1 aromatic heterocycles. The third-order valence-electron chi connectivity index (χ3n) is 3.15. The van der Waals surface area contributed by atoms with Crippen molar-refractivity contribution in [2.45, 2.75) is 38.6 Å². The summed E-state index contributed by atoms with van der Waals surface area (Å²) in [5.74, 6) is 1.26. The summed E-state index contributed by atoms with van der Waals surface area (Å²) in [6.07, 6.45) is 4.19. The van der Waals surface area contributed by atoms with Gasteiger partial charge in [0, 0.05) is 12.7 Å². The largest absolute Gasteiger partial charge is 0.383 e. The molecule has 5 heteroatoms. The van der Waals surface area contributed by atoms with Crippen LogP contribution in [-0.2, 0) is 17.6 Å². The highest BCUT2D eigenvalue weighted by Gasteiger charge is 2.20. The number of fused-ring (bicyclic) bond motifs is 1. The third kappa shape index (κ3) is 2.66. The molecular formula is C12H20N4O. The van der Waals surface area contributed by atoms with E-state index >= 15 is 0 Å². The van der Waals surface area contributed by atoms with Gasteiger partial charge in [-0.15, -0.1) is 0 Å². The number of hydrogen-bond acceptors (Lipinski definition) is 5. The van der Waals surface area contributed by atoms with Crippen molar-refractivity contribution in [2.75, 3.05) is 24.8 Å². The molecule has 0 aliphatic heterocycles. The van der Waals surface area contributed by atoms with Crippen molar-refractivity contribution in [2.24, 2.45) is 0 Å². The Morgan fingerprint density at radius 1 is 1.41 bits per heavy atom. The van der Waals surface area contributed by atoms with Crippen molar-refractivity contribution in [3.8, 4) is 0 Å². The number of methoxy groups -OCH3 is 1. The van der Waals surface area contributed by atoms with E-state index in [4.69, 9.17) is 10.5 Å². The van der Waals surface area contributed by atoms with E-state index in [-0.39, 0.29) is 6.04 Å². The lowest BCUT2D eigenvalue weighted by molar-refractivity contribution is 0.184. The molecule has 1 aromatic rings. The average Bonchev–Trinajstić information content (AvgIpc) is 2.76. The molecule has 2 rings (SSSR count). The second-order valence-electron chi connectivity index (χ2n) is 4.41. The standard InChI is InChI=1S/C12H20N4O/c1-3-8(7-17-2)14-11-9-5-4-6-10(9)15-12(13)16-11/h8H,3-7H2,1-2H3,(H3,13,14,15,16)/t8-/m1/s1. The van der Waals surface area contributed by atoms with Crippen LogP contribution in [0.2, 0.25) is 0 Å². The zero-order valence-corrected chi connectivity index (χ0v) is 10.5. The fourth-order valence-corrected chi connectivity index (χ4v) is 2.23. The van der Waals surface area contributed by atoms with E-state index in [0.717, 1.165) is 37.2 Å². The second kappa shape index (κ2) is 5.31. The maximum Gasteiger partial charge on any atom is 0.222 e. The van der Waals surface area contributed by atoms with Crippen LogP contribution in [0.5, 0.6) is 0 Å². The Morgan fingerprint density at radius 2 is 2.24 bits per heavy atom. The van der Waals surface area contributed by atoms with Gasteiger partial charge in [0.2, 0.25) is 5.95 Å². The number of nitrogens with zero attached hydrogens (tertiary/aromatic N) is 2. The summed E-state index contributed by atoms with van der Waals surface area (Å²) >= 11 is 0. The first-order valence-corrected chi connectivity index (χ1v) is 6.15. The Kier molecular flexibility index (Phi) is 3.78. The van der Waals surface area contributed by atoms with Crippen LogP contribution in [0.25, 0.3) is 0 Å². The van der Waals surface area contributed by atoms with Crippen LogP contribution in [0.4, 0.5) is 11.8 Å². The van der Waals surface area contributed by atoms with Gasteiger partial charge < -0.3 is 15.8 Å². The molecule has 3 N–H and O–H groups in total. The Hall–Kier alpha value is -1.36. The van der Waals surface area contributed by atoms with Crippen LogP contribution in [-0.4, -0.2) is 29.7 Å². The number of nitrogens with one attached hydrogen (secondary N) is 1. The topological polar surface area (TPSA) is 73.1 Å². The predicted octanol–water partition coefficient (Wildman–Crippen LogP) is 1.38. The monoisotopic (exact) mass is 236 g/mol. The first-order chi connectivity index (χ1) is 8.24. The van der Waals surface area contributed by atoms with Crippen LogP contribution < -0.4 is 11.1 Å². The van der Waals surface area contributed by atoms with Gasteiger partial charge in [-0.25, -0.2) is 4.98 Å². The van der Waals surface area contributed by atoms with Crippen LogP contribution in [0, 0.1) is 0 Å². The van der Waals surface area contributed by atoms with Gasteiger partial charge in [-0.1, -0.05) is 6.92 Å². The molecule has 0 unspecified atom stereocenters. The van der Waals surface area contributed by atoms with Crippen molar-refractivity contribution >= 4 is 11.8 Å². The van der Waals surface area contributed by atoms with Crippen molar-refractivity contribution in [3.05, 3.63) is 11.3 Å². The van der Waals surface area contributed by atoms with Crippen LogP contribution in [0.15, 0.2) is 0 Å². The fourth-order valence-electron chi connectivity index (χ4n) is 2.23. The summed E-state index contributed by atoms with van der Waals surface area (Å²) in [4.78, 5) is 8.60. The maximum atomic E-state index is 5.73. The number of ether oxygens (including phenoxy) is 1. The van der Waals surface area contributed by atoms with Crippen LogP contribution in [0.3, 0.4) is 0 Å². The molecule has 17 heavy (non-hydrogen) atoms. The van der Waals surface area contributed by atoms with Gasteiger partial charge in [-0.3, -0.25) is 0 Å². The van der Waals surface area contributed by atoms with Gasteiger partial charge in [0.25, 0.3) is 0 Å². The van der Waals surface area contributed by atoms with E-state index in [1.165, 1.54) is 5.56 Å². The van der Waals surface area contributed by atoms with Crippen LogP contribution >= 0.6 is 0 Å². The van der Waals surface area contributed by atoms with Gasteiger partial charge in [0.05, 0.1) is 18.3 Å². The van der Waals surface area contributed by atoms with Crippen LogP contribution in [0.1, 0.15) is 31.0 Å². The predicted molar refractivity (Wildman–Crippen MR) is 68.0 cm³/mol. The van der Waals surface area contributed by atoms with Crippen molar-refractivity contribution < 1.29 is 4.74 Å². The molecule has 0 aromatic carbocycles. The molecule has 0 fully saturated rings. The molecule has 0 bridgehead atoms. The zero-order valence-electron chi connectivity index (χ0n) is 10.5. The Balaban J connectivity index is 2.20. The second-order valence-corrected chi connectivity index (χ2v) is 4.41. The first-order valence-electron chi connectivity index (χ1n) is 6.15. The number of rotatable bonds is 5. The lowest BCUT2D eigenvalue weighted by atomic mass is 10.2. The number of anilines is 2. The fraction of sp³-hybridized carbons (Fsp3) is 0.667. The summed E-state index contributed by atoms with van der Waals surface area (Å²) in [7, 11) is 1.71. The van der Waals surface area contributed by atoms with Crippen molar-refractivity contribution in [1.82, 2.24) is 9.97 Å². The Bertz CT molecular complexity index is 394. The van der Waals surface area contributed by atoms with E-state index in [1.807, 2.05) is 0 Å². The number of aryl methyl sites for hydroxylation is 1. The Labute approximate surface area is 102 Å². The van der Waals surface area contributed by atoms with E-state index in [1.54, 1.807) is 7.11 Å². The lowest BCUT2D eigenvalue weighted by Gasteiger charge is -2.18. The molecule has 0 saturated heterocycles. The molecule has 0 radical (unpaired) electrons. The van der Waals surface area contributed by atoms with Gasteiger partial charge in [0.15, 0.2) is 0 Å². The summed E-state index contributed by atoms with van der Waals surface area (Å²) in [6, 6.07) is 0.277. The van der Waals surface area contributed by atoms with Gasteiger partial charge >= 0.3 is 0 Å². The van der Waals surface area contributed by atoms with E-state index in [9.17, 15) is 0 Å². The number of nitrogen functional groups attached to an aromatic ring is 1. The Morgan fingerprint density at radius 3 is 2.94 bits per heavy atom. The lowest BCUT2D eigenvalue weighted by Crippen LogP contribution is -2.25. The van der Waals surface area contributed by atoms with Gasteiger partial charge in [0.1, 0.15) is 5.82 Å². The van der Waals surface area contributed by atoms with E-state index in [2.05, 4.69) is 22.2 Å². The molecule has 5 nitrogen and oxygen atoms in total. The number of nitrogens with two attached hydrogens (primary N) is 1. The minimum absolute atomic E-state index is 0.277. The molecular weight excluding hydrogens is 216 g/mol. The molecule has 1 aliphatic carbocycles.